The van der Waals surface area contributed by atoms with Crippen LogP contribution < -0.4 is 0 Å². The van der Waals surface area contributed by atoms with E-state index in [9.17, 15) is 0 Å². The third kappa shape index (κ3) is 3.44. The highest BCUT2D eigenvalue weighted by Crippen LogP contribution is 2.29. The van der Waals surface area contributed by atoms with E-state index in [2.05, 4.69) is 41.7 Å². The van der Waals surface area contributed by atoms with Gasteiger partial charge in [0.15, 0.2) is 0 Å². The summed E-state index contributed by atoms with van der Waals surface area (Å²) >= 11 is 0. The summed E-state index contributed by atoms with van der Waals surface area (Å²) in [4.78, 5) is 9.14. The first-order valence-electron chi connectivity index (χ1n) is 7.31. The smallest absolute Gasteiger partial charge is 0.0845 e. The zero-order valence-corrected chi connectivity index (χ0v) is 13.0. The highest BCUT2D eigenvalue weighted by molar-refractivity contribution is 5.52. The van der Waals surface area contributed by atoms with Crippen molar-refractivity contribution in [1.82, 2.24) is 9.97 Å². The van der Waals surface area contributed by atoms with Crippen molar-refractivity contribution in [3.63, 3.8) is 0 Å². The van der Waals surface area contributed by atoms with E-state index in [1.165, 1.54) is 17.6 Å². The minimum atomic E-state index is 0.662. The molecule has 0 aromatic carbocycles. The van der Waals surface area contributed by atoms with E-state index in [1.807, 2.05) is 20.8 Å². The summed E-state index contributed by atoms with van der Waals surface area (Å²) in [5.41, 5.74) is 6.72. The van der Waals surface area contributed by atoms with Crippen molar-refractivity contribution in [3.8, 4) is 0 Å². The van der Waals surface area contributed by atoms with Crippen molar-refractivity contribution in [2.45, 2.75) is 47.0 Å². The van der Waals surface area contributed by atoms with E-state index < -0.39 is 0 Å². The molecule has 0 fully saturated rings. The Morgan fingerprint density at radius 1 is 1.15 bits per heavy atom. The Balaban J connectivity index is 2.11. The second-order valence-electron chi connectivity index (χ2n) is 5.80. The lowest BCUT2D eigenvalue weighted by molar-refractivity contribution is 0.545. The molecule has 0 amide bonds. The maximum absolute atomic E-state index is 4.61. The zero-order chi connectivity index (χ0) is 14.7. The normalized spacial score (nSPS) is 19.2. The molecule has 0 spiro atoms. The number of hydrogen-bond donors (Lipinski definition) is 0. The van der Waals surface area contributed by atoms with Gasteiger partial charge in [-0.2, -0.15) is 0 Å². The van der Waals surface area contributed by atoms with Gasteiger partial charge in [0, 0.05) is 0 Å². The van der Waals surface area contributed by atoms with Crippen LogP contribution in [0.3, 0.4) is 0 Å². The molecule has 0 saturated heterocycles. The number of nitrogens with zero attached hydrogens (tertiary/aromatic N) is 2. The molecule has 0 bridgehead atoms. The molecule has 2 nitrogen and oxygen atoms in total. The highest BCUT2D eigenvalue weighted by atomic mass is 14.8. The van der Waals surface area contributed by atoms with Crippen LogP contribution in [0.4, 0.5) is 0 Å². The summed E-state index contributed by atoms with van der Waals surface area (Å²) < 4.78 is 0. The molecular weight excluding hydrogens is 244 g/mol. The Labute approximate surface area is 122 Å². The lowest BCUT2D eigenvalue weighted by Gasteiger charge is -2.20. The largest absolute Gasteiger partial charge is 0.254 e. The molecule has 20 heavy (non-hydrogen) atoms. The zero-order valence-electron chi connectivity index (χ0n) is 13.0. The number of rotatable bonds is 3. The summed E-state index contributed by atoms with van der Waals surface area (Å²) in [7, 11) is 0. The Bertz CT molecular complexity index is 579. The monoisotopic (exact) mass is 268 g/mol. The van der Waals surface area contributed by atoms with Gasteiger partial charge >= 0.3 is 0 Å². The molecule has 0 aliphatic heterocycles. The van der Waals surface area contributed by atoms with Crippen LogP contribution in [-0.4, -0.2) is 9.97 Å². The van der Waals surface area contributed by atoms with Crippen LogP contribution in [0.5, 0.6) is 0 Å². The standard InChI is InChI=1S/C18H24N2/c1-12(2)17-9-6-16(7-10-17)8-11-18-15(5)19-13(3)14(4)20-18/h6,8,11,17H,1,7,9-10H2,2-5H3. The number of allylic oxidation sites excluding steroid dienone is 4. The molecule has 1 unspecified atom stereocenters. The summed E-state index contributed by atoms with van der Waals surface area (Å²) in [5.74, 6) is 0.662. The van der Waals surface area contributed by atoms with E-state index in [1.54, 1.807) is 0 Å². The Kier molecular flexibility index (Phi) is 4.53. The SMILES string of the molecule is C=C(C)C1CC=C(C=Cc2nc(C)c(C)nc2C)CC1. The second kappa shape index (κ2) is 6.17. The number of aromatic nitrogens is 2. The van der Waals surface area contributed by atoms with Crippen molar-refractivity contribution in [2.24, 2.45) is 5.92 Å². The van der Waals surface area contributed by atoms with Crippen LogP contribution in [0.2, 0.25) is 0 Å². The first-order chi connectivity index (χ1) is 9.47. The fourth-order valence-electron chi connectivity index (χ4n) is 2.53. The van der Waals surface area contributed by atoms with Gasteiger partial charge < -0.3 is 0 Å². The van der Waals surface area contributed by atoms with E-state index in [-0.39, 0.29) is 0 Å². The molecule has 1 aromatic heterocycles. The molecule has 0 radical (unpaired) electrons. The maximum atomic E-state index is 4.61. The third-order valence-corrected chi connectivity index (χ3v) is 4.12. The van der Waals surface area contributed by atoms with Crippen molar-refractivity contribution >= 4 is 6.08 Å². The number of aryl methyl sites for hydroxylation is 3. The summed E-state index contributed by atoms with van der Waals surface area (Å²) in [6.45, 7) is 12.2. The van der Waals surface area contributed by atoms with E-state index in [0.717, 1.165) is 35.6 Å². The Morgan fingerprint density at radius 2 is 1.85 bits per heavy atom. The van der Waals surface area contributed by atoms with Gasteiger partial charge in [0.1, 0.15) is 0 Å². The molecule has 1 atom stereocenters. The maximum Gasteiger partial charge on any atom is 0.0845 e. The van der Waals surface area contributed by atoms with Crippen LogP contribution in [0.15, 0.2) is 29.9 Å². The van der Waals surface area contributed by atoms with Gasteiger partial charge in [-0.25, -0.2) is 4.98 Å². The average Bonchev–Trinajstić information content (AvgIpc) is 2.42. The topological polar surface area (TPSA) is 25.8 Å². The molecular formula is C18H24N2. The van der Waals surface area contributed by atoms with Crippen LogP contribution >= 0.6 is 0 Å². The Hall–Kier alpha value is -1.70. The Morgan fingerprint density at radius 3 is 2.45 bits per heavy atom. The first-order valence-corrected chi connectivity index (χ1v) is 7.31. The van der Waals surface area contributed by atoms with Crippen LogP contribution in [0, 0.1) is 26.7 Å². The summed E-state index contributed by atoms with van der Waals surface area (Å²) in [6, 6.07) is 0. The molecule has 106 valence electrons. The molecule has 2 rings (SSSR count). The predicted molar refractivity (Wildman–Crippen MR) is 85.5 cm³/mol. The van der Waals surface area contributed by atoms with Gasteiger partial charge in [-0.1, -0.05) is 29.9 Å². The van der Waals surface area contributed by atoms with Crippen molar-refractivity contribution < 1.29 is 0 Å². The first kappa shape index (κ1) is 14.7. The average molecular weight is 268 g/mol. The van der Waals surface area contributed by atoms with E-state index >= 15 is 0 Å². The van der Waals surface area contributed by atoms with Crippen LogP contribution in [0.1, 0.15) is 49.0 Å². The van der Waals surface area contributed by atoms with Crippen LogP contribution in [0.25, 0.3) is 6.08 Å². The fraction of sp³-hybridized carbons (Fsp3) is 0.444. The second-order valence-corrected chi connectivity index (χ2v) is 5.80. The molecule has 0 N–H and O–H groups in total. The minimum Gasteiger partial charge on any atom is -0.254 e. The quantitative estimate of drug-likeness (QED) is 0.741. The van der Waals surface area contributed by atoms with Gasteiger partial charge in [-0.05, 0) is 59.0 Å². The van der Waals surface area contributed by atoms with E-state index in [0.29, 0.717) is 5.92 Å². The van der Waals surface area contributed by atoms with Crippen molar-refractivity contribution in [1.29, 1.82) is 0 Å². The summed E-state index contributed by atoms with van der Waals surface area (Å²) in [5, 5.41) is 0. The molecule has 1 heterocycles. The van der Waals surface area contributed by atoms with Gasteiger partial charge in [0.25, 0.3) is 0 Å². The molecule has 1 aliphatic carbocycles. The van der Waals surface area contributed by atoms with Crippen molar-refractivity contribution in [3.05, 3.63) is 52.7 Å². The van der Waals surface area contributed by atoms with Gasteiger partial charge in [0.2, 0.25) is 0 Å². The number of hydrogen-bond acceptors (Lipinski definition) is 2. The van der Waals surface area contributed by atoms with Crippen LogP contribution in [-0.2, 0) is 0 Å². The lowest BCUT2D eigenvalue weighted by Crippen LogP contribution is -2.05. The predicted octanol–water partition coefficient (Wildman–Crippen LogP) is 4.72. The van der Waals surface area contributed by atoms with Gasteiger partial charge in [-0.15, -0.1) is 0 Å². The summed E-state index contributed by atoms with van der Waals surface area (Å²) in [6.07, 6.45) is 10.1. The lowest BCUT2D eigenvalue weighted by atomic mass is 9.85. The molecule has 1 aliphatic rings. The third-order valence-electron chi connectivity index (χ3n) is 4.12. The molecule has 2 heteroatoms. The highest BCUT2D eigenvalue weighted by Gasteiger charge is 2.13. The fourth-order valence-corrected chi connectivity index (χ4v) is 2.53. The van der Waals surface area contributed by atoms with Gasteiger partial charge in [0.05, 0.1) is 22.8 Å². The molecule has 0 saturated carbocycles. The molecule has 1 aromatic rings. The van der Waals surface area contributed by atoms with Gasteiger partial charge in [-0.3, -0.25) is 4.98 Å². The van der Waals surface area contributed by atoms with Crippen molar-refractivity contribution in [2.75, 3.05) is 0 Å². The minimum absolute atomic E-state index is 0.662. The van der Waals surface area contributed by atoms with E-state index in [4.69, 9.17) is 0 Å².